The van der Waals surface area contributed by atoms with Crippen molar-refractivity contribution >= 4 is 11.6 Å². The first-order valence-corrected chi connectivity index (χ1v) is 10.2. The van der Waals surface area contributed by atoms with E-state index in [1.807, 2.05) is 37.3 Å². The number of hydrogen-bond donors (Lipinski definition) is 1. The number of carbonyl (C=O) groups excluding carboxylic acids is 1. The van der Waals surface area contributed by atoms with Crippen molar-refractivity contribution < 1.29 is 9.18 Å². The van der Waals surface area contributed by atoms with Crippen LogP contribution in [0, 0.1) is 5.82 Å². The van der Waals surface area contributed by atoms with Gasteiger partial charge in [-0.15, -0.1) is 0 Å². The third kappa shape index (κ3) is 5.10. The highest BCUT2D eigenvalue weighted by Gasteiger charge is 2.26. The van der Waals surface area contributed by atoms with E-state index >= 15 is 0 Å². The molecule has 28 heavy (non-hydrogen) atoms. The zero-order chi connectivity index (χ0) is 19.9. The average Bonchev–Trinajstić information content (AvgIpc) is 2.75. The van der Waals surface area contributed by atoms with Crippen molar-refractivity contribution in [1.29, 1.82) is 0 Å². The lowest BCUT2D eigenvalue weighted by molar-refractivity contribution is -0.126. The molecule has 0 spiro atoms. The lowest BCUT2D eigenvalue weighted by Crippen LogP contribution is -2.54. The van der Waals surface area contributed by atoms with Crippen LogP contribution >= 0.6 is 0 Å². The van der Waals surface area contributed by atoms with E-state index in [0.29, 0.717) is 12.5 Å². The largest absolute Gasteiger partial charge is 0.369 e. The normalized spacial score (nSPS) is 17.2. The van der Waals surface area contributed by atoms with Crippen molar-refractivity contribution in [2.45, 2.75) is 32.2 Å². The molecule has 2 aromatic carbocycles. The zero-order valence-corrected chi connectivity index (χ0v) is 16.8. The van der Waals surface area contributed by atoms with Gasteiger partial charge in [-0.1, -0.05) is 37.3 Å². The summed E-state index contributed by atoms with van der Waals surface area (Å²) >= 11 is 0. The maximum atomic E-state index is 13.1. The summed E-state index contributed by atoms with van der Waals surface area (Å²) in [5.41, 5.74) is 2.30. The van der Waals surface area contributed by atoms with Crippen LogP contribution in [0.3, 0.4) is 0 Å². The summed E-state index contributed by atoms with van der Waals surface area (Å²) in [6, 6.07) is 16.8. The zero-order valence-electron chi connectivity index (χ0n) is 16.8. The molecule has 1 fully saturated rings. The van der Waals surface area contributed by atoms with E-state index in [-0.39, 0.29) is 17.8 Å². The molecule has 0 aliphatic carbocycles. The molecule has 0 saturated carbocycles. The number of hydrogen-bond acceptors (Lipinski definition) is 3. The molecule has 1 saturated heterocycles. The minimum Gasteiger partial charge on any atom is -0.369 e. The van der Waals surface area contributed by atoms with Gasteiger partial charge in [-0.05, 0) is 43.2 Å². The van der Waals surface area contributed by atoms with Crippen LogP contribution in [-0.2, 0) is 4.79 Å². The highest BCUT2D eigenvalue weighted by Crippen LogP contribution is 2.19. The number of nitrogens with one attached hydrogen (secondary N) is 1. The molecule has 150 valence electrons. The van der Waals surface area contributed by atoms with Gasteiger partial charge in [0, 0.05) is 44.3 Å². The van der Waals surface area contributed by atoms with Gasteiger partial charge >= 0.3 is 0 Å². The van der Waals surface area contributed by atoms with Crippen LogP contribution in [0.2, 0.25) is 0 Å². The average molecular weight is 384 g/mol. The maximum Gasteiger partial charge on any atom is 0.237 e. The Bertz CT molecular complexity index is 742. The Balaban J connectivity index is 1.48. The molecular formula is C23H30FN3O. The minimum atomic E-state index is -0.214. The molecule has 2 aromatic rings. The van der Waals surface area contributed by atoms with Crippen molar-refractivity contribution in [3.05, 3.63) is 66.0 Å². The van der Waals surface area contributed by atoms with Crippen LogP contribution < -0.4 is 10.2 Å². The predicted octanol–water partition coefficient (Wildman–Crippen LogP) is 3.65. The standard InChI is InChI=1S/C23H30FN3O/c1-3-19(20-7-5-4-6-8-20)17-25-23(28)18(2)26-13-15-27(16-14-26)22-11-9-21(24)10-12-22/h4-12,18-19H,3,13-17H2,1-2H3,(H,25,28)/t18-,19-/m1/s1. The van der Waals surface area contributed by atoms with E-state index in [1.165, 1.54) is 17.7 Å². The number of benzene rings is 2. The van der Waals surface area contributed by atoms with Crippen molar-refractivity contribution in [2.75, 3.05) is 37.6 Å². The van der Waals surface area contributed by atoms with Crippen LogP contribution in [-0.4, -0.2) is 49.6 Å². The van der Waals surface area contributed by atoms with Crippen molar-refractivity contribution in [3.8, 4) is 0 Å². The predicted molar refractivity (Wildman–Crippen MR) is 112 cm³/mol. The molecule has 3 rings (SSSR count). The Morgan fingerprint density at radius 1 is 1.04 bits per heavy atom. The number of amides is 1. The van der Waals surface area contributed by atoms with Crippen molar-refractivity contribution in [3.63, 3.8) is 0 Å². The van der Waals surface area contributed by atoms with Crippen LogP contribution in [0.4, 0.5) is 10.1 Å². The van der Waals surface area contributed by atoms with Crippen LogP contribution in [0.5, 0.6) is 0 Å². The molecule has 1 aliphatic heterocycles. The molecule has 2 atom stereocenters. The van der Waals surface area contributed by atoms with Crippen LogP contribution in [0.25, 0.3) is 0 Å². The van der Waals surface area contributed by atoms with E-state index in [0.717, 1.165) is 38.3 Å². The van der Waals surface area contributed by atoms with Gasteiger partial charge < -0.3 is 10.2 Å². The molecular weight excluding hydrogens is 353 g/mol. The highest BCUT2D eigenvalue weighted by molar-refractivity contribution is 5.81. The smallest absolute Gasteiger partial charge is 0.237 e. The van der Waals surface area contributed by atoms with Gasteiger partial charge in [0.1, 0.15) is 5.82 Å². The Kier molecular flexibility index (Phi) is 7.04. The molecule has 5 heteroatoms. The molecule has 1 amide bonds. The second kappa shape index (κ2) is 9.69. The van der Waals surface area contributed by atoms with Crippen LogP contribution in [0.15, 0.2) is 54.6 Å². The molecule has 1 heterocycles. The maximum absolute atomic E-state index is 13.1. The molecule has 0 bridgehead atoms. The van der Waals surface area contributed by atoms with Gasteiger partial charge in [-0.25, -0.2) is 4.39 Å². The monoisotopic (exact) mass is 383 g/mol. The quantitative estimate of drug-likeness (QED) is 0.793. The fourth-order valence-electron chi connectivity index (χ4n) is 3.78. The molecule has 0 unspecified atom stereocenters. The van der Waals surface area contributed by atoms with Gasteiger partial charge in [0.15, 0.2) is 0 Å². The first-order chi connectivity index (χ1) is 13.6. The SMILES string of the molecule is CC[C@H](CNC(=O)[C@@H](C)N1CCN(c2ccc(F)cc2)CC1)c1ccccc1. The summed E-state index contributed by atoms with van der Waals surface area (Å²) < 4.78 is 13.1. The number of carbonyl (C=O) groups is 1. The summed E-state index contributed by atoms with van der Waals surface area (Å²) in [6.07, 6.45) is 0.995. The lowest BCUT2D eigenvalue weighted by Gasteiger charge is -2.38. The number of piperazine rings is 1. The van der Waals surface area contributed by atoms with E-state index in [4.69, 9.17) is 0 Å². The molecule has 1 N–H and O–H groups in total. The van der Waals surface area contributed by atoms with Gasteiger partial charge in [-0.2, -0.15) is 0 Å². The highest BCUT2D eigenvalue weighted by atomic mass is 19.1. The molecule has 4 nitrogen and oxygen atoms in total. The fraction of sp³-hybridized carbons (Fsp3) is 0.435. The molecule has 0 aromatic heterocycles. The van der Waals surface area contributed by atoms with Gasteiger partial charge in [-0.3, -0.25) is 9.69 Å². The summed E-state index contributed by atoms with van der Waals surface area (Å²) in [4.78, 5) is 17.1. The van der Waals surface area contributed by atoms with Crippen molar-refractivity contribution in [1.82, 2.24) is 10.2 Å². The number of rotatable bonds is 7. The Hall–Kier alpha value is -2.40. The summed E-state index contributed by atoms with van der Waals surface area (Å²) in [5, 5.41) is 3.14. The van der Waals surface area contributed by atoms with Gasteiger partial charge in [0.05, 0.1) is 6.04 Å². The van der Waals surface area contributed by atoms with E-state index in [1.54, 1.807) is 0 Å². The molecule has 0 radical (unpaired) electrons. The van der Waals surface area contributed by atoms with E-state index < -0.39 is 0 Å². The van der Waals surface area contributed by atoms with Gasteiger partial charge in [0.25, 0.3) is 0 Å². The first-order valence-electron chi connectivity index (χ1n) is 10.2. The van der Waals surface area contributed by atoms with Crippen LogP contribution in [0.1, 0.15) is 31.7 Å². The lowest BCUT2D eigenvalue weighted by atomic mass is 9.96. The fourth-order valence-corrected chi connectivity index (χ4v) is 3.78. The molecule has 1 aliphatic rings. The second-order valence-electron chi connectivity index (χ2n) is 7.44. The Labute approximate surface area is 167 Å². The Morgan fingerprint density at radius 2 is 1.68 bits per heavy atom. The number of nitrogens with zero attached hydrogens (tertiary/aromatic N) is 2. The first kappa shape index (κ1) is 20.3. The van der Waals surface area contributed by atoms with E-state index in [9.17, 15) is 9.18 Å². The third-order valence-corrected chi connectivity index (χ3v) is 5.72. The summed E-state index contributed by atoms with van der Waals surface area (Å²) in [7, 11) is 0. The summed E-state index contributed by atoms with van der Waals surface area (Å²) in [5.74, 6) is 0.214. The summed E-state index contributed by atoms with van der Waals surface area (Å²) in [6.45, 7) is 8.12. The number of anilines is 1. The topological polar surface area (TPSA) is 35.6 Å². The Morgan fingerprint density at radius 3 is 2.29 bits per heavy atom. The number of halogens is 1. The van der Waals surface area contributed by atoms with Crippen molar-refractivity contribution in [2.24, 2.45) is 0 Å². The second-order valence-corrected chi connectivity index (χ2v) is 7.44. The van der Waals surface area contributed by atoms with E-state index in [2.05, 4.69) is 34.2 Å². The van der Waals surface area contributed by atoms with Gasteiger partial charge in [0.2, 0.25) is 5.91 Å². The third-order valence-electron chi connectivity index (χ3n) is 5.72. The minimum absolute atomic E-state index is 0.0876.